The molecule has 2 heterocycles. The van der Waals surface area contributed by atoms with Crippen molar-refractivity contribution in [2.45, 2.75) is 51.4 Å². The van der Waals surface area contributed by atoms with Gasteiger partial charge >= 0.3 is 5.97 Å². The molecule has 6 nitrogen and oxygen atoms in total. The van der Waals surface area contributed by atoms with Crippen LogP contribution in [0.25, 0.3) is 0 Å². The molecule has 0 aliphatic carbocycles. The first kappa shape index (κ1) is 18.0. The van der Waals surface area contributed by atoms with Gasteiger partial charge in [0.15, 0.2) is 0 Å². The Bertz CT molecular complexity index is 743. The molecule has 1 saturated heterocycles. The highest BCUT2D eigenvalue weighted by atomic mass is 35.5. The number of esters is 1. The first-order valence-corrected chi connectivity index (χ1v) is 8.69. The largest absolute Gasteiger partial charge is 0.459 e. The van der Waals surface area contributed by atoms with Crippen LogP contribution in [0.4, 0.5) is 5.69 Å². The molecule has 3 rings (SSSR count). The Balaban J connectivity index is 2.03. The third-order valence-corrected chi connectivity index (χ3v) is 5.14. The van der Waals surface area contributed by atoms with Crippen molar-refractivity contribution < 1.29 is 19.4 Å². The lowest BCUT2D eigenvalue weighted by Gasteiger charge is -2.30. The zero-order valence-corrected chi connectivity index (χ0v) is 15.6. The van der Waals surface area contributed by atoms with Crippen molar-refractivity contribution in [3.63, 3.8) is 0 Å². The Morgan fingerprint density at radius 2 is 2.16 bits per heavy atom. The highest BCUT2D eigenvalue weighted by Crippen LogP contribution is 2.50. The van der Waals surface area contributed by atoms with Gasteiger partial charge < -0.3 is 20.1 Å². The summed E-state index contributed by atoms with van der Waals surface area (Å²) in [7, 11) is 0. The summed E-state index contributed by atoms with van der Waals surface area (Å²) in [6.45, 7) is 7.54. The molecular weight excluding hydrogens is 344 g/mol. The number of ether oxygens (including phenoxy) is 1. The Morgan fingerprint density at radius 1 is 1.48 bits per heavy atom. The van der Waals surface area contributed by atoms with E-state index in [0.29, 0.717) is 29.2 Å². The Morgan fingerprint density at radius 3 is 2.72 bits per heavy atom. The van der Waals surface area contributed by atoms with E-state index < -0.39 is 23.2 Å². The number of rotatable bonds is 2. The standard InChI is InChI=1S/C18H23ClN2O4/c1-10-7-13-11(8-12(10)19)18(5-6-20-15(18)23)16(24)21(13)9-14(22)25-17(2,3)4/h7-8,16,24H,5-6,9H2,1-4H3,(H,20,23). The van der Waals surface area contributed by atoms with E-state index in [0.717, 1.165) is 5.56 Å². The van der Waals surface area contributed by atoms with E-state index in [9.17, 15) is 14.7 Å². The summed E-state index contributed by atoms with van der Waals surface area (Å²) in [4.78, 5) is 26.4. The minimum atomic E-state index is -1.14. The number of hydrogen-bond donors (Lipinski definition) is 2. The van der Waals surface area contributed by atoms with Crippen molar-refractivity contribution >= 4 is 29.2 Å². The maximum absolute atomic E-state index is 12.6. The summed E-state index contributed by atoms with van der Waals surface area (Å²) < 4.78 is 5.38. The molecule has 1 aromatic carbocycles. The van der Waals surface area contributed by atoms with Gasteiger partial charge in [0.25, 0.3) is 0 Å². The van der Waals surface area contributed by atoms with Crippen LogP contribution in [0.3, 0.4) is 0 Å². The molecule has 1 amide bonds. The fraction of sp³-hybridized carbons (Fsp3) is 0.556. The maximum atomic E-state index is 12.6. The third-order valence-electron chi connectivity index (χ3n) is 4.73. The summed E-state index contributed by atoms with van der Waals surface area (Å²) in [5.41, 5.74) is 0.404. The van der Waals surface area contributed by atoms with Gasteiger partial charge in [-0.05, 0) is 57.4 Å². The molecule has 1 aromatic rings. The van der Waals surface area contributed by atoms with E-state index in [1.165, 1.54) is 4.90 Å². The van der Waals surface area contributed by atoms with Crippen LogP contribution in [0.1, 0.15) is 38.3 Å². The number of fused-ring (bicyclic) bond motifs is 2. The van der Waals surface area contributed by atoms with Gasteiger partial charge in [-0.15, -0.1) is 0 Å². The molecule has 0 radical (unpaired) electrons. The maximum Gasteiger partial charge on any atom is 0.326 e. The molecule has 7 heteroatoms. The van der Waals surface area contributed by atoms with Crippen LogP contribution < -0.4 is 10.2 Å². The van der Waals surface area contributed by atoms with Crippen molar-refractivity contribution in [2.24, 2.45) is 0 Å². The van der Waals surface area contributed by atoms with Gasteiger partial charge in [0.1, 0.15) is 23.8 Å². The monoisotopic (exact) mass is 366 g/mol. The second kappa shape index (κ2) is 5.88. The van der Waals surface area contributed by atoms with Crippen LogP contribution in [-0.2, 0) is 19.7 Å². The van der Waals surface area contributed by atoms with Gasteiger partial charge in [0.2, 0.25) is 5.91 Å². The third kappa shape index (κ3) is 2.87. The zero-order valence-electron chi connectivity index (χ0n) is 14.9. The molecule has 0 bridgehead atoms. The second-order valence-electron chi connectivity index (χ2n) is 7.68. The highest BCUT2D eigenvalue weighted by Gasteiger charge is 2.58. The number of nitrogens with one attached hydrogen (secondary N) is 1. The average molecular weight is 367 g/mol. The van der Waals surface area contributed by atoms with Gasteiger partial charge in [-0.3, -0.25) is 9.59 Å². The van der Waals surface area contributed by atoms with Gasteiger partial charge in [0.05, 0.1) is 0 Å². The van der Waals surface area contributed by atoms with Crippen LogP contribution in [-0.4, -0.2) is 41.9 Å². The highest BCUT2D eigenvalue weighted by molar-refractivity contribution is 6.31. The van der Waals surface area contributed by atoms with Gasteiger partial charge in [0, 0.05) is 17.3 Å². The molecule has 0 aromatic heterocycles. The molecule has 2 unspecified atom stereocenters. The van der Waals surface area contributed by atoms with Crippen LogP contribution in [0.2, 0.25) is 5.02 Å². The second-order valence-corrected chi connectivity index (χ2v) is 8.09. The molecule has 2 aliphatic rings. The van der Waals surface area contributed by atoms with Crippen molar-refractivity contribution in [1.29, 1.82) is 0 Å². The Kier molecular flexibility index (Phi) is 4.24. The molecule has 1 spiro atoms. The van der Waals surface area contributed by atoms with E-state index in [2.05, 4.69) is 5.32 Å². The minimum Gasteiger partial charge on any atom is -0.459 e. The first-order chi connectivity index (χ1) is 11.6. The molecule has 2 aliphatic heterocycles. The zero-order chi connectivity index (χ0) is 18.6. The lowest BCUT2D eigenvalue weighted by molar-refractivity contribution is -0.153. The lowest BCUT2D eigenvalue weighted by Crippen LogP contribution is -2.50. The van der Waals surface area contributed by atoms with E-state index in [4.69, 9.17) is 16.3 Å². The summed E-state index contributed by atoms with van der Waals surface area (Å²) in [6, 6.07) is 3.54. The summed E-state index contributed by atoms with van der Waals surface area (Å²) in [5, 5.41) is 14.3. The number of nitrogens with zero attached hydrogens (tertiary/aromatic N) is 1. The average Bonchev–Trinajstić information content (AvgIpc) is 2.95. The van der Waals surface area contributed by atoms with Crippen LogP contribution in [0.5, 0.6) is 0 Å². The number of aliphatic hydroxyl groups excluding tert-OH is 1. The SMILES string of the molecule is Cc1cc2c(cc1Cl)C1(CCNC1=O)C(O)N2CC(=O)OC(C)(C)C. The van der Waals surface area contributed by atoms with Gasteiger partial charge in [-0.25, -0.2) is 0 Å². The molecule has 25 heavy (non-hydrogen) atoms. The van der Waals surface area contributed by atoms with Crippen molar-refractivity contribution in [3.8, 4) is 0 Å². The number of anilines is 1. The topological polar surface area (TPSA) is 78.9 Å². The summed E-state index contributed by atoms with van der Waals surface area (Å²) >= 11 is 6.27. The van der Waals surface area contributed by atoms with Crippen molar-refractivity contribution in [3.05, 3.63) is 28.3 Å². The number of aryl methyl sites for hydroxylation is 1. The van der Waals surface area contributed by atoms with Crippen molar-refractivity contribution in [1.82, 2.24) is 5.32 Å². The number of benzene rings is 1. The lowest BCUT2D eigenvalue weighted by atomic mass is 9.79. The van der Waals surface area contributed by atoms with Crippen LogP contribution in [0, 0.1) is 6.92 Å². The fourth-order valence-corrected chi connectivity index (χ4v) is 3.79. The Hall–Kier alpha value is -1.79. The predicted molar refractivity (Wildman–Crippen MR) is 94.7 cm³/mol. The number of halogens is 1. The normalized spacial score (nSPS) is 25.3. The number of amides is 1. The molecule has 1 fully saturated rings. The smallest absolute Gasteiger partial charge is 0.326 e. The molecule has 2 atom stereocenters. The number of carbonyl (C=O) groups excluding carboxylic acids is 2. The minimum absolute atomic E-state index is 0.137. The van der Waals surface area contributed by atoms with Crippen molar-refractivity contribution in [2.75, 3.05) is 18.0 Å². The molecular formula is C18H23ClN2O4. The number of aliphatic hydroxyl groups is 1. The quantitative estimate of drug-likeness (QED) is 0.781. The van der Waals surface area contributed by atoms with E-state index in [-0.39, 0.29) is 12.5 Å². The van der Waals surface area contributed by atoms with Crippen LogP contribution in [0.15, 0.2) is 12.1 Å². The van der Waals surface area contributed by atoms with E-state index in [1.54, 1.807) is 26.8 Å². The number of hydrogen-bond acceptors (Lipinski definition) is 5. The van der Waals surface area contributed by atoms with Gasteiger partial charge in [-0.2, -0.15) is 0 Å². The summed E-state index contributed by atoms with van der Waals surface area (Å²) in [6.07, 6.45) is -0.695. The van der Waals surface area contributed by atoms with E-state index in [1.807, 2.05) is 13.0 Å². The van der Waals surface area contributed by atoms with Crippen LogP contribution >= 0.6 is 11.6 Å². The molecule has 0 saturated carbocycles. The van der Waals surface area contributed by atoms with E-state index >= 15 is 0 Å². The molecule has 136 valence electrons. The fourth-order valence-electron chi connectivity index (χ4n) is 3.63. The molecule has 2 N–H and O–H groups in total. The summed E-state index contributed by atoms with van der Waals surface area (Å²) in [5.74, 6) is -0.701. The number of carbonyl (C=O) groups is 2. The van der Waals surface area contributed by atoms with Gasteiger partial charge in [-0.1, -0.05) is 11.6 Å². The Labute approximate surface area is 152 Å². The predicted octanol–water partition coefficient (Wildman–Crippen LogP) is 1.89. The first-order valence-electron chi connectivity index (χ1n) is 8.32.